The SMILES string of the molecule is Cc1nccc(NCC(=O)N2C[C@H](F)C[C@H]2C(=O)N[C@H](c2ccccc2)c2ccc(C3CC3)c(F)n2)n1. The van der Waals surface area contributed by atoms with Gasteiger partial charge in [-0.2, -0.15) is 4.39 Å². The van der Waals surface area contributed by atoms with Gasteiger partial charge in [0.1, 0.15) is 23.9 Å². The molecule has 37 heavy (non-hydrogen) atoms. The minimum atomic E-state index is -1.33. The van der Waals surface area contributed by atoms with Gasteiger partial charge in [0.2, 0.25) is 17.8 Å². The highest BCUT2D eigenvalue weighted by molar-refractivity contribution is 5.90. The predicted octanol–water partition coefficient (Wildman–Crippen LogP) is 3.45. The first kappa shape index (κ1) is 24.7. The van der Waals surface area contributed by atoms with Crippen molar-refractivity contribution in [2.75, 3.05) is 18.4 Å². The van der Waals surface area contributed by atoms with E-state index in [0.29, 0.717) is 28.5 Å². The number of nitrogens with one attached hydrogen (secondary N) is 2. The number of carbonyl (C=O) groups is 2. The summed E-state index contributed by atoms with van der Waals surface area (Å²) in [6.07, 6.45) is 2.01. The number of likely N-dealkylation sites (tertiary alicyclic amines) is 1. The predicted molar refractivity (Wildman–Crippen MR) is 133 cm³/mol. The number of aromatic nitrogens is 3. The van der Waals surface area contributed by atoms with Crippen molar-refractivity contribution in [3.8, 4) is 0 Å². The molecule has 2 fully saturated rings. The van der Waals surface area contributed by atoms with E-state index in [0.717, 1.165) is 12.8 Å². The Hall–Kier alpha value is -3.95. The Labute approximate surface area is 213 Å². The van der Waals surface area contributed by atoms with E-state index in [1.54, 1.807) is 31.3 Å². The molecule has 192 valence electrons. The van der Waals surface area contributed by atoms with Crippen LogP contribution in [0.4, 0.5) is 14.6 Å². The first-order valence-corrected chi connectivity index (χ1v) is 12.4. The fraction of sp³-hybridized carbons (Fsp3) is 0.370. The minimum Gasteiger partial charge on any atom is -0.361 e. The second-order valence-electron chi connectivity index (χ2n) is 9.48. The van der Waals surface area contributed by atoms with Gasteiger partial charge in [-0.15, -0.1) is 0 Å². The van der Waals surface area contributed by atoms with Crippen molar-refractivity contribution in [3.05, 3.63) is 83.3 Å². The number of hydrogen-bond donors (Lipinski definition) is 2. The van der Waals surface area contributed by atoms with Crippen molar-refractivity contribution in [1.82, 2.24) is 25.2 Å². The van der Waals surface area contributed by atoms with Gasteiger partial charge in [-0.25, -0.2) is 19.3 Å². The van der Waals surface area contributed by atoms with Gasteiger partial charge in [-0.05, 0) is 43.4 Å². The number of anilines is 1. The van der Waals surface area contributed by atoms with Crippen LogP contribution in [0.2, 0.25) is 0 Å². The van der Waals surface area contributed by atoms with Crippen molar-refractivity contribution in [3.63, 3.8) is 0 Å². The molecule has 10 heteroatoms. The van der Waals surface area contributed by atoms with E-state index in [9.17, 15) is 18.4 Å². The van der Waals surface area contributed by atoms with Gasteiger partial charge < -0.3 is 15.5 Å². The number of carbonyl (C=O) groups excluding carboxylic acids is 2. The number of nitrogens with zero attached hydrogens (tertiary/aromatic N) is 4. The summed E-state index contributed by atoms with van der Waals surface area (Å²) >= 11 is 0. The maximum atomic E-state index is 14.8. The first-order valence-electron chi connectivity index (χ1n) is 12.4. The lowest BCUT2D eigenvalue weighted by Gasteiger charge is -2.27. The van der Waals surface area contributed by atoms with Crippen molar-refractivity contribution in [1.29, 1.82) is 0 Å². The number of hydrogen-bond acceptors (Lipinski definition) is 6. The van der Waals surface area contributed by atoms with Crippen LogP contribution in [0.25, 0.3) is 0 Å². The number of aryl methyl sites for hydroxylation is 1. The number of rotatable bonds is 8. The lowest BCUT2D eigenvalue weighted by Crippen LogP contribution is -2.48. The second-order valence-corrected chi connectivity index (χ2v) is 9.48. The van der Waals surface area contributed by atoms with Crippen LogP contribution in [-0.2, 0) is 9.59 Å². The summed E-state index contributed by atoms with van der Waals surface area (Å²) in [5.74, 6) is -0.278. The maximum absolute atomic E-state index is 14.8. The number of alkyl halides is 1. The molecule has 2 aliphatic rings. The Morgan fingerprint density at radius 1 is 1.11 bits per heavy atom. The van der Waals surface area contributed by atoms with E-state index < -0.39 is 36.0 Å². The van der Waals surface area contributed by atoms with Crippen molar-refractivity contribution in [2.24, 2.45) is 0 Å². The van der Waals surface area contributed by atoms with Gasteiger partial charge in [0, 0.05) is 18.2 Å². The molecular formula is C27H28F2N6O2. The third-order valence-electron chi connectivity index (χ3n) is 6.70. The third-order valence-corrected chi connectivity index (χ3v) is 6.70. The Morgan fingerprint density at radius 3 is 2.59 bits per heavy atom. The van der Waals surface area contributed by atoms with Gasteiger partial charge in [-0.1, -0.05) is 36.4 Å². The summed E-state index contributed by atoms with van der Waals surface area (Å²) in [5.41, 5.74) is 1.63. The molecule has 1 saturated carbocycles. The molecule has 5 rings (SSSR count). The quantitative estimate of drug-likeness (QED) is 0.454. The summed E-state index contributed by atoms with van der Waals surface area (Å²) in [7, 11) is 0. The Balaban J connectivity index is 1.33. The van der Waals surface area contributed by atoms with Crippen LogP contribution in [0.15, 0.2) is 54.7 Å². The van der Waals surface area contributed by atoms with E-state index in [-0.39, 0.29) is 25.4 Å². The molecule has 1 saturated heterocycles. The molecule has 0 radical (unpaired) electrons. The molecule has 1 aromatic carbocycles. The molecule has 2 N–H and O–H groups in total. The van der Waals surface area contributed by atoms with Crippen LogP contribution >= 0.6 is 0 Å². The summed E-state index contributed by atoms with van der Waals surface area (Å²) in [6, 6.07) is 12.4. The molecule has 0 bridgehead atoms. The highest BCUT2D eigenvalue weighted by Crippen LogP contribution is 2.41. The Bertz CT molecular complexity index is 1290. The molecule has 8 nitrogen and oxygen atoms in total. The van der Waals surface area contributed by atoms with E-state index in [1.807, 2.05) is 30.3 Å². The van der Waals surface area contributed by atoms with Crippen LogP contribution in [0.3, 0.4) is 0 Å². The minimum absolute atomic E-state index is 0.117. The number of amides is 2. The number of pyridine rings is 1. The second kappa shape index (κ2) is 10.6. The fourth-order valence-electron chi connectivity index (χ4n) is 4.66. The van der Waals surface area contributed by atoms with Crippen LogP contribution in [0, 0.1) is 12.9 Å². The molecule has 3 aromatic rings. The topological polar surface area (TPSA) is 100 Å². The van der Waals surface area contributed by atoms with Crippen LogP contribution in [0.5, 0.6) is 0 Å². The first-order chi connectivity index (χ1) is 17.9. The van der Waals surface area contributed by atoms with Gasteiger partial charge >= 0.3 is 0 Å². The zero-order valence-corrected chi connectivity index (χ0v) is 20.4. The zero-order valence-electron chi connectivity index (χ0n) is 20.4. The average molecular weight is 507 g/mol. The van der Waals surface area contributed by atoms with Crippen molar-refractivity contribution < 1.29 is 18.4 Å². The van der Waals surface area contributed by atoms with E-state index in [4.69, 9.17) is 0 Å². The smallest absolute Gasteiger partial charge is 0.243 e. The van der Waals surface area contributed by atoms with Gasteiger partial charge in [0.15, 0.2) is 0 Å². The van der Waals surface area contributed by atoms with Crippen LogP contribution < -0.4 is 10.6 Å². The fourth-order valence-corrected chi connectivity index (χ4v) is 4.66. The van der Waals surface area contributed by atoms with Gasteiger partial charge in [0.25, 0.3) is 0 Å². The molecule has 0 unspecified atom stereocenters. The summed E-state index contributed by atoms with van der Waals surface area (Å²) in [6.45, 7) is 1.40. The molecule has 1 aliphatic carbocycles. The van der Waals surface area contributed by atoms with E-state index >= 15 is 0 Å². The Morgan fingerprint density at radius 2 is 1.89 bits per heavy atom. The van der Waals surface area contributed by atoms with E-state index in [2.05, 4.69) is 25.6 Å². The standard InChI is InChI=1S/C27H28F2N6O2/c1-16-30-12-11-23(32-16)31-14-24(36)35-15-19(28)13-22(35)27(37)34-25(18-5-3-2-4-6-18)21-10-9-20(17-7-8-17)26(29)33-21/h2-6,9-12,17,19,22,25H,7-8,13-15H2,1H3,(H,34,37)(H,30,31,32)/t19-,22+,25-/m1/s1. The largest absolute Gasteiger partial charge is 0.361 e. The van der Waals surface area contributed by atoms with Crippen molar-refractivity contribution >= 4 is 17.6 Å². The summed E-state index contributed by atoms with van der Waals surface area (Å²) in [4.78, 5) is 40.0. The zero-order chi connectivity index (χ0) is 25.9. The number of halogens is 2. The Kier molecular flexibility index (Phi) is 7.07. The van der Waals surface area contributed by atoms with E-state index in [1.165, 1.54) is 4.90 Å². The molecule has 0 spiro atoms. The maximum Gasteiger partial charge on any atom is 0.243 e. The average Bonchev–Trinajstić information content (AvgIpc) is 3.66. The highest BCUT2D eigenvalue weighted by Gasteiger charge is 2.40. The molecule has 3 heterocycles. The third kappa shape index (κ3) is 5.73. The van der Waals surface area contributed by atoms with Crippen LogP contribution in [0.1, 0.15) is 53.9 Å². The normalized spacial score (nSPS) is 19.9. The van der Waals surface area contributed by atoms with Crippen LogP contribution in [-0.4, -0.2) is 57.0 Å². The van der Waals surface area contributed by atoms with Gasteiger partial charge in [-0.3, -0.25) is 9.59 Å². The monoisotopic (exact) mass is 506 g/mol. The molecule has 2 aromatic heterocycles. The van der Waals surface area contributed by atoms with Crippen molar-refractivity contribution in [2.45, 2.75) is 50.4 Å². The highest BCUT2D eigenvalue weighted by atomic mass is 19.1. The lowest BCUT2D eigenvalue weighted by atomic mass is 10.0. The molecule has 3 atom stereocenters. The lowest BCUT2D eigenvalue weighted by molar-refractivity contribution is -0.137. The molecule has 1 aliphatic heterocycles. The molecular weight excluding hydrogens is 478 g/mol. The van der Waals surface area contributed by atoms with Gasteiger partial charge in [0.05, 0.1) is 24.8 Å². The number of benzene rings is 1. The summed E-state index contributed by atoms with van der Waals surface area (Å²) in [5, 5.41) is 5.81. The summed E-state index contributed by atoms with van der Waals surface area (Å²) < 4.78 is 29.2. The molecule has 2 amide bonds.